The molecule has 104 valence electrons. The maximum absolute atomic E-state index is 13.2. The van der Waals surface area contributed by atoms with E-state index in [4.69, 9.17) is 4.74 Å². The van der Waals surface area contributed by atoms with Crippen molar-refractivity contribution in [3.63, 3.8) is 0 Å². The fraction of sp³-hybridized carbons (Fsp3) is 0.909. The summed E-state index contributed by atoms with van der Waals surface area (Å²) < 4.78 is 44.7. The zero-order valence-corrected chi connectivity index (χ0v) is 10.2. The number of halogens is 3. The molecular weight excluding hydrogens is 249 g/mol. The molecule has 2 aliphatic rings. The quantitative estimate of drug-likeness (QED) is 0.803. The molecule has 0 aromatic heterocycles. The molecule has 0 aromatic carbocycles. The topological polar surface area (TPSA) is 41.6 Å². The molecule has 0 saturated carbocycles. The van der Waals surface area contributed by atoms with Crippen LogP contribution in [0.25, 0.3) is 0 Å². The largest absolute Gasteiger partial charge is 0.404 e. The fourth-order valence-electron chi connectivity index (χ4n) is 2.57. The molecular formula is C11H17F3N2O2. The van der Waals surface area contributed by atoms with Crippen LogP contribution in [0.3, 0.4) is 0 Å². The van der Waals surface area contributed by atoms with Crippen LogP contribution in [0.15, 0.2) is 0 Å². The lowest BCUT2D eigenvalue weighted by molar-refractivity contribution is -0.222. The highest BCUT2D eigenvalue weighted by Crippen LogP contribution is 2.44. The number of amides is 1. The van der Waals surface area contributed by atoms with Crippen LogP contribution in [-0.4, -0.2) is 56.4 Å². The van der Waals surface area contributed by atoms with E-state index in [1.165, 1.54) is 11.9 Å². The van der Waals surface area contributed by atoms with E-state index in [2.05, 4.69) is 5.32 Å². The molecule has 2 rings (SSSR count). The summed E-state index contributed by atoms with van der Waals surface area (Å²) in [6.07, 6.45) is -4.10. The third-order valence-electron chi connectivity index (χ3n) is 3.88. The Hall–Kier alpha value is -0.820. The first-order chi connectivity index (χ1) is 8.38. The summed E-state index contributed by atoms with van der Waals surface area (Å²) >= 11 is 0. The Morgan fingerprint density at radius 1 is 1.50 bits per heavy atom. The summed E-state index contributed by atoms with van der Waals surface area (Å²) in [6.45, 7) is 0.719. The van der Waals surface area contributed by atoms with Crippen molar-refractivity contribution >= 4 is 5.91 Å². The molecule has 0 spiro atoms. The minimum atomic E-state index is -4.51. The highest BCUT2D eigenvalue weighted by atomic mass is 19.4. The molecule has 2 fully saturated rings. The Labute approximate surface area is 103 Å². The van der Waals surface area contributed by atoms with E-state index < -0.39 is 17.5 Å². The summed E-state index contributed by atoms with van der Waals surface area (Å²) in [6, 6.07) is -0.239. The smallest absolute Gasteiger partial charge is 0.379 e. The van der Waals surface area contributed by atoms with Crippen LogP contribution in [0, 0.1) is 5.41 Å². The number of carbonyl (C=O) groups is 1. The number of hydrogen-bond donors (Lipinski definition) is 1. The van der Waals surface area contributed by atoms with Crippen molar-refractivity contribution in [2.75, 3.05) is 33.4 Å². The van der Waals surface area contributed by atoms with Crippen LogP contribution >= 0.6 is 0 Å². The van der Waals surface area contributed by atoms with Crippen molar-refractivity contribution < 1.29 is 22.7 Å². The molecule has 1 N–H and O–H groups in total. The van der Waals surface area contributed by atoms with Gasteiger partial charge < -0.3 is 15.0 Å². The van der Waals surface area contributed by atoms with Gasteiger partial charge in [-0.2, -0.15) is 13.2 Å². The second-order valence-corrected chi connectivity index (χ2v) is 4.94. The monoisotopic (exact) mass is 266 g/mol. The summed E-state index contributed by atoms with van der Waals surface area (Å²) in [7, 11) is 1.44. The Morgan fingerprint density at radius 3 is 2.67 bits per heavy atom. The van der Waals surface area contributed by atoms with Crippen molar-refractivity contribution in [3.8, 4) is 0 Å². The number of rotatable bonds is 2. The third kappa shape index (κ3) is 2.09. The van der Waals surface area contributed by atoms with E-state index in [9.17, 15) is 18.0 Å². The molecule has 0 bridgehead atoms. The van der Waals surface area contributed by atoms with Crippen molar-refractivity contribution in [2.24, 2.45) is 5.41 Å². The van der Waals surface area contributed by atoms with E-state index >= 15 is 0 Å². The maximum Gasteiger partial charge on any atom is 0.404 e. The van der Waals surface area contributed by atoms with Gasteiger partial charge in [0.15, 0.2) is 5.41 Å². The number of nitrogens with one attached hydrogen (secondary N) is 1. The molecule has 7 heteroatoms. The van der Waals surface area contributed by atoms with Crippen LogP contribution in [0.4, 0.5) is 13.2 Å². The van der Waals surface area contributed by atoms with Crippen molar-refractivity contribution in [3.05, 3.63) is 0 Å². The lowest BCUT2D eigenvalue weighted by Crippen LogP contribution is -2.55. The lowest BCUT2D eigenvalue weighted by atomic mass is 9.84. The highest BCUT2D eigenvalue weighted by Gasteiger charge is 2.62. The van der Waals surface area contributed by atoms with Gasteiger partial charge in [0.2, 0.25) is 5.91 Å². The van der Waals surface area contributed by atoms with Crippen molar-refractivity contribution in [1.29, 1.82) is 0 Å². The molecule has 0 radical (unpaired) electrons. The standard InChI is InChI=1S/C11H17F3N2O2/c1-16(8-2-5-18-6-8)9(17)10(11(12,13)14)3-4-15-7-10/h8,15H,2-7H2,1H3. The van der Waals surface area contributed by atoms with Crippen molar-refractivity contribution in [1.82, 2.24) is 10.2 Å². The average Bonchev–Trinajstić information content (AvgIpc) is 2.97. The number of nitrogens with zero attached hydrogens (tertiary/aromatic N) is 1. The van der Waals surface area contributed by atoms with Crippen LogP contribution in [0.2, 0.25) is 0 Å². The molecule has 0 aromatic rings. The van der Waals surface area contributed by atoms with E-state index in [1.54, 1.807) is 0 Å². The minimum absolute atomic E-state index is 0.187. The Bertz CT molecular complexity index is 321. The Morgan fingerprint density at radius 2 is 2.22 bits per heavy atom. The van der Waals surface area contributed by atoms with Gasteiger partial charge in [-0.15, -0.1) is 0 Å². The summed E-state index contributed by atoms with van der Waals surface area (Å²) in [5.41, 5.74) is -2.26. The first-order valence-electron chi connectivity index (χ1n) is 6.01. The number of carbonyl (C=O) groups excluding carboxylic acids is 1. The molecule has 4 nitrogen and oxygen atoms in total. The minimum Gasteiger partial charge on any atom is -0.379 e. The molecule has 18 heavy (non-hydrogen) atoms. The summed E-state index contributed by atoms with van der Waals surface area (Å²) in [5, 5.41) is 2.65. The van der Waals surface area contributed by atoms with E-state index in [-0.39, 0.29) is 25.6 Å². The molecule has 0 aliphatic carbocycles. The molecule has 2 aliphatic heterocycles. The lowest BCUT2D eigenvalue weighted by Gasteiger charge is -2.35. The Kier molecular flexibility index (Phi) is 3.55. The molecule has 1 amide bonds. The van der Waals surface area contributed by atoms with E-state index in [1.807, 2.05) is 0 Å². The highest BCUT2D eigenvalue weighted by molar-refractivity contribution is 5.84. The molecule has 2 saturated heterocycles. The first kappa shape index (κ1) is 13.6. The second kappa shape index (κ2) is 4.70. The zero-order chi connectivity index (χ0) is 13.4. The van der Waals surface area contributed by atoms with Crippen LogP contribution in [0.1, 0.15) is 12.8 Å². The number of ether oxygens (including phenoxy) is 1. The van der Waals surface area contributed by atoms with Gasteiger partial charge in [0, 0.05) is 20.2 Å². The number of likely N-dealkylation sites (N-methyl/N-ethyl adjacent to an activating group) is 1. The van der Waals surface area contributed by atoms with Crippen LogP contribution in [0.5, 0.6) is 0 Å². The predicted molar refractivity (Wildman–Crippen MR) is 58.0 cm³/mol. The third-order valence-corrected chi connectivity index (χ3v) is 3.88. The molecule has 2 atom stereocenters. The molecule has 2 heterocycles. The SMILES string of the molecule is CN(C(=O)C1(C(F)(F)F)CCNC1)C1CCOC1. The summed E-state index contributed by atoms with van der Waals surface area (Å²) in [5.74, 6) is -0.838. The van der Waals surface area contributed by atoms with Crippen LogP contribution < -0.4 is 5.32 Å². The zero-order valence-electron chi connectivity index (χ0n) is 10.2. The normalized spacial score (nSPS) is 32.8. The number of alkyl halides is 3. The fourth-order valence-corrected chi connectivity index (χ4v) is 2.57. The maximum atomic E-state index is 13.2. The van der Waals surface area contributed by atoms with Gasteiger partial charge in [-0.1, -0.05) is 0 Å². The van der Waals surface area contributed by atoms with Gasteiger partial charge in [0.25, 0.3) is 0 Å². The van der Waals surface area contributed by atoms with E-state index in [0.29, 0.717) is 19.6 Å². The first-order valence-corrected chi connectivity index (χ1v) is 6.01. The van der Waals surface area contributed by atoms with Crippen LogP contribution in [-0.2, 0) is 9.53 Å². The summed E-state index contributed by atoms with van der Waals surface area (Å²) in [4.78, 5) is 13.4. The van der Waals surface area contributed by atoms with Gasteiger partial charge in [-0.3, -0.25) is 4.79 Å². The average molecular weight is 266 g/mol. The van der Waals surface area contributed by atoms with Gasteiger partial charge in [0.05, 0.1) is 12.6 Å². The van der Waals surface area contributed by atoms with Gasteiger partial charge >= 0.3 is 6.18 Å². The van der Waals surface area contributed by atoms with Gasteiger partial charge in [0.1, 0.15) is 0 Å². The molecule has 2 unspecified atom stereocenters. The second-order valence-electron chi connectivity index (χ2n) is 4.94. The predicted octanol–water partition coefficient (Wildman–Crippen LogP) is 0.776. The Balaban J connectivity index is 2.18. The van der Waals surface area contributed by atoms with Gasteiger partial charge in [-0.05, 0) is 19.4 Å². The van der Waals surface area contributed by atoms with Crippen molar-refractivity contribution in [2.45, 2.75) is 25.1 Å². The van der Waals surface area contributed by atoms with E-state index in [0.717, 1.165) is 0 Å². The number of hydrogen-bond acceptors (Lipinski definition) is 3. The van der Waals surface area contributed by atoms with Gasteiger partial charge in [-0.25, -0.2) is 0 Å².